The smallest absolute Gasteiger partial charge is 0.408 e. The van der Waals surface area contributed by atoms with Crippen molar-refractivity contribution in [2.45, 2.75) is 112 Å². The van der Waals surface area contributed by atoms with Gasteiger partial charge < -0.3 is 44.4 Å². The molecule has 5 aromatic carbocycles. The lowest BCUT2D eigenvalue weighted by molar-refractivity contribution is -0.142. The summed E-state index contributed by atoms with van der Waals surface area (Å²) in [7, 11) is 1.29. The first-order valence-electron chi connectivity index (χ1n) is 24.2. The highest BCUT2D eigenvalue weighted by Gasteiger charge is 2.26. The first-order valence-corrected chi connectivity index (χ1v) is 24.2. The van der Waals surface area contributed by atoms with E-state index in [1.165, 1.54) is 7.11 Å². The number of fused-ring (bicyclic) bond motifs is 8. The molecule has 0 radical (unpaired) electrons. The zero-order valence-electron chi connectivity index (χ0n) is 41.1. The van der Waals surface area contributed by atoms with Crippen molar-refractivity contribution in [2.75, 3.05) is 38.9 Å². The number of rotatable bonds is 20. The maximum atomic E-state index is 14.1. The summed E-state index contributed by atoms with van der Waals surface area (Å²) in [6.07, 6.45) is 3.80. The van der Waals surface area contributed by atoms with Crippen molar-refractivity contribution in [1.82, 2.24) is 10.6 Å². The number of methoxy groups -OCH3 is 1. The second-order valence-electron chi connectivity index (χ2n) is 17.3. The van der Waals surface area contributed by atoms with Crippen molar-refractivity contribution in [3.63, 3.8) is 0 Å². The minimum atomic E-state index is -0.927. The van der Waals surface area contributed by atoms with E-state index in [0.717, 1.165) is 75.8 Å². The summed E-state index contributed by atoms with van der Waals surface area (Å²) in [5, 5.41) is 8.57. The molecular formula is C56H67N3O10. The summed E-state index contributed by atoms with van der Waals surface area (Å²) in [6.45, 7) is 13.3. The molecule has 1 aliphatic rings. The monoisotopic (exact) mass is 941 g/mol. The van der Waals surface area contributed by atoms with Gasteiger partial charge in [0.05, 0.1) is 33.5 Å². The third-order valence-corrected chi connectivity index (χ3v) is 11.5. The maximum Gasteiger partial charge on any atom is 0.408 e. The summed E-state index contributed by atoms with van der Waals surface area (Å²) < 4.78 is 37.0. The van der Waals surface area contributed by atoms with Crippen LogP contribution in [0.15, 0.2) is 91.0 Å². The van der Waals surface area contributed by atoms with Gasteiger partial charge in [0.2, 0.25) is 5.91 Å². The molecule has 0 aromatic heterocycles. The van der Waals surface area contributed by atoms with Crippen molar-refractivity contribution in [3.8, 4) is 23.0 Å². The average molecular weight is 942 g/mol. The molecule has 3 N–H and O–H groups in total. The molecular weight excluding hydrogens is 875 g/mol. The van der Waals surface area contributed by atoms with E-state index < -0.39 is 36.0 Å². The van der Waals surface area contributed by atoms with Crippen LogP contribution in [0.1, 0.15) is 128 Å². The van der Waals surface area contributed by atoms with Gasteiger partial charge in [-0.15, -0.1) is 0 Å². The lowest BCUT2D eigenvalue weighted by atomic mass is 9.90. The van der Waals surface area contributed by atoms with Crippen molar-refractivity contribution in [2.24, 2.45) is 0 Å². The fraction of sp³-hybridized carbons (Fsp3) is 0.393. The Balaban J connectivity index is 1.52. The predicted octanol–water partition coefficient (Wildman–Crippen LogP) is 10.1. The van der Waals surface area contributed by atoms with E-state index in [9.17, 15) is 19.2 Å². The number of amides is 3. The van der Waals surface area contributed by atoms with E-state index in [2.05, 4.69) is 43.6 Å². The van der Waals surface area contributed by atoms with Crippen LogP contribution in [-0.4, -0.2) is 69.5 Å². The molecule has 0 aliphatic heterocycles. The fourth-order valence-electron chi connectivity index (χ4n) is 8.22. The molecule has 13 nitrogen and oxygen atoms in total. The maximum absolute atomic E-state index is 14.1. The van der Waals surface area contributed by atoms with Crippen LogP contribution in [0.5, 0.6) is 23.0 Å². The number of nitrogens with one attached hydrogen (secondary N) is 3. The second-order valence-corrected chi connectivity index (χ2v) is 17.3. The lowest BCUT2D eigenvalue weighted by Crippen LogP contribution is -2.41. The molecule has 0 unspecified atom stereocenters. The molecule has 0 saturated heterocycles. The number of carbonyl (C=O) groups is 4. The van der Waals surface area contributed by atoms with E-state index in [4.69, 9.17) is 28.4 Å². The minimum absolute atomic E-state index is 0.0684. The highest BCUT2D eigenvalue weighted by atomic mass is 16.5. The zero-order valence-corrected chi connectivity index (χ0v) is 41.1. The standard InChI is InChI=1S/C56H67N3O10/c1-8-23-65-49-39-19-15-21-41(49)29-45-33-48(59-53(60)36(5)58-56(63)69-35-38-17-13-12-14-18-38)34-46(52(45)68-26-11-4)30-42-22-16-20-40(50(42)66-24-9-2)28-44-32-47(54(61)57-37(6)55(62)64-7)31-43(27-39)51(44)67-25-10-3/h12-22,31-34,36-37H,8-11,23-30,35H2,1-7H3,(H,57,61)(H,58,63)(H,59,60)/t36-,37+/m0/s1. The summed E-state index contributed by atoms with van der Waals surface area (Å²) in [4.78, 5) is 53.2. The van der Waals surface area contributed by atoms with Gasteiger partial charge in [-0.05, 0) is 103 Å². The average Bonchev–Trinajstić information content (AvgIpc) is 3.34. The number of benzene rings is 5. The quantitative estimate of drug-likeness (QED) is 0.0629. The van der Waals surface area contributed by atoms with Crippen LogP contribution in [0.3, 0.4) is 0 Å². The Kier molecular flexibility index (Phi) is 18.9. The molecule has 0 heterocycles. The van der Waals surface area contributed by atoms with Crippen LogP contribution in [0.25, 0.3) is 0 Å². The van der Waals surface area contributed by atoms with Crippen LogP contribution in [0.2, 0.25) is 0 Å². The van der Waals surface area contributed by atoms with E-state index >= 15 is 0 Å². The van der Waals surface area contributed by atoms with Crippen molar-refractivity contribution in [3.05, 3.63) is 147 Å². The van der Waals surface area contributed by atoms with Gasteiger partial charge >= 0.3 is 12.1 Å². The van der Waals surface area contributed by atoms with Crippen LogP contribution in [0.4, 0.5) is 10.5 Å². The predicted molar refractivity (Wildman–Crippen MR) is 267 cm³/mol. The third kappa shape index (κ3) is 13.8. The van der Waals surface area contributed by atoms with Gasteiger partial charge in [0.15, 0.2) is 0 Å². The number of carbonyl (C=O) groups excluding carboxylic acids is 4. The number of anilines is 1. The minimum Gasteiger partial charge on any atom is -0.493 e. The molecule has 2 atom stereocenters. The van der Waals surface area contributed by atoms with Gasteiger partial charge in [-0.25, -0.2) is 9.59 Å². The molecule has 366 valence electrons. The van der Waals surface area contributed by atoms with Gasteiger partial charge in [0, 0.05) is 48.1 Å². The summed E-state index contributed by atoms with van der Waals surface area (Å²) in [5.41, 5.74) is 8.49. The molecule has 13 heteroatoms. The number of hydrogen-bond donors (Lipinski definition) is 3. The van der Waals surface area contributed by atoms with Crippen molar-refractivity contribution < 1.29 is 47.6 Å². The number of ether oxygens (including phenoxy) is 6. The Morgan fingerprint density at radius 2 is 0.942 bits per heavy atom. The molecule has 5 aromatic rings. The third-order valence-electron chi connectivity index (χ3n) is 11.5. The molecule has 0 spiro atoms. The highest BCUT2D eigenvalue weighted by molar-refractivity contribution is 5.98. The van der Waals surface area contributed by atoms with Crippen molar-refractivity contribution >= 4 is 29.6 Å². The highest BCUT2D eigenvalue weighted by Crippen LogP contribution is 2.41. The van der Waals surface area contributed by atoms with E-state index in [1.807, 2.05) is 91.0 Å². The van der Waals surface area contributed by atoms with Crippen LogP contribution in [-0.2, 0) is 51.4 Å². The lowest BCUT2D eigenvalue weighted by Gasteiger charge is -2.24. The molecule has 69 heavy (non-hydrogen) atoms. The largest absolute Gasteiger partial charge is 0.493 e. The van der Waals surface area contributed by atoms with E-state index in [0.29, 0.717) is 86.4 Å². The summed E-state index contributed by atoms with van der Waals surface area (Å²) in [5.74, 6) is 1.38. The Bertz CT molecular complexity index is 2450. The number of alkyl carbamates (subject to hydrolysis) is 1. The second kappa shape index (κ2) is 25.4. The molecule has 0 fully saturated rings. The Morgan fingerprint density at radius 1 is 0.522 bits per heavy atom. The summed E-state index contributed by atoms with van der Waals surface area (Å²) in [6, 6.07) is 27.2. The van der Waals surface area contributed by atoms with E-state index in [1.54, 1.807) is 13.8 Å². The molecule has 3 amide bonds. The van der Waals surface area contributed by atoms with Gasteiger partial charge in [0.25, 0.3) is 5.91 Å². The van der Waals surface area contributed by atoms with Crippen molar-refractivity contribution in [1.29, 1.82) is 0 Å². The summed E-state index contributed by atoms with van der Waals surface area (Å²) >= 11 is 0. The first-order chi connectivity index (χ1) is 33.5. The fourth-order valence-corrected chi connectivity index (χ4v) is 8.22. The first kappa shape index (κ1) is 51.4. The SMILES string of the molecule is CCCOc1c2cccc1Cc1cc(C(=O)N[C@H](C)C(=O)OC)cc(c1OCCC)Cc1cccc(c1OCCC)Cc1cc(NC(=O)[C@H](C)NC(=O)OCc3ccccc3)cc(c1OCCC)C2. The van der Waals surface area contributed by atoms with Gasteiger partial charge in [-0.2, -0.15) is 0 Å². The van der Waals surface area contributed by atoms with E-state index in [-0.39, 0.29) is 6.61 Å². The van der Waals surface area contributed by atoms with Gasteiger partial charge in [-0.3, -0.25) is 9.59 Å². The Morgan fingerprint density at radius 3 is 1.36 bits per heavy atom. The number of para-hydroxylation sites is 2. The molecule has 1 aliphatic carbocycles. The Labute approximate surface area is 406 Å². The van der Waals surface area contributed by atoms with Gasteiger partial charge in [-0.1, -0.05) is 94.4 Å². The van der Waals surface area contributed by atoms with Gasteiger partial charge in [0.1, 0.15) is 41.7 Å². The number of hydrogen-bond acceptors (Lipinski definition) is 10. The van der Waals surface area contributed by atoms with Crippen LogP contribution in [0, 0.1) is 0 Å². The molecule has 6 rings (SSSR count). The van der Waals surface area contributed by atoms with Crippen LogP contribution < -0.4 is 34.9 Å². The van der Waals surface area contributed by atoms with Crippen LogP contribution >= 0.6 is 0 Å². The zero-order chi connectivity index (χ0) is 49.3. The topological polar surface area (TPSA) is 160 Å². The molecule has 8 bridgehead atoms. The number of esters is 1. The Hall–Kier alpha value is -7.02. The normalized spacial score (nSPS) is 12.7. The molecule has 0 saturated carbocycles.